The van der Waals surface area contributed by atoms with Crippen molar-refractivity contribution in [1.29, 1.82) is 0 Å². The highest BCUT2D eigenvalue weighted by atomic mass is 16.5. The standard InChI is InChI=1S/C10H13N3O/c1-2-11-4-9-8(1)13-10-6-14-5-7(10)3-12-9/h1-2,4,7,10,12-13H,3,5-6H2. The summed E-state index contributed by atoms with van der Waals surface area (Å²) in [7, 11) is 0. The fraction of sp³-hybridized carbons (Fsp3) is 0.500. The Morgan fingerprint density at radius 1 is 1.36 bits per heavy atom. The third-order valence-corrected chi connectivity index (χ3v) is 2.92. The van der Waals surface area contributed by atoms with Gasteiger partial charge in [0.15, 0.2) is 0 Å². The van der Waals surface area contributed by atoms with E-state index in [4.69, 9.17) is 4.74 Å². The average molecular weight is 191 g/mol. The van der Waals surface area contributed by atoms with E-state index in [9.17, 15) is 0 Å². The molecule has 0 amide bonds. The lowest BCUT2D eigenvalue weighted by Crippen LogP contribution is -2.29. The molecule has 3 rings (SSSR count). The van der Waals surface area contributed by atoms with Gasteiger partial charge in [0.25, 0.3) is 0 Å². The highest BCUT2D eigenvalue weighted by Crippen LogP contribution is 2.28. The van der Waals surface area contributed by atoms with E-state index in [2.05, 4.69) is 15.6 Å². The topological polar surface area (TPSA) is 46.2 Å². The molecule has 1 aromatic heterocycles. The Balaban J connectivity index is 1.93. The second kappa shape index (κ2) is 3.13. The van der Waals surface area contributed by atoms with E-state index in [0.717, 1.165) is 31.1 Å². The fourth-order valence-corrected chi connectivity index (χ4v) is 2.06. The molecule has 14 heavy (non-hydrogen) atoms. The number of pyridine rings is 1. The van der Waals surface area contributed by atoms with Crippen LogP contribution in [0, 0.1) is 5.92 Å². The predicted octanol–water partition coefficient (Wildman–Crippen LogP) is 0.934. The first-order valence-corrected chi connectivity index (χ1v) is 4.95. The van der Waals surface area contributed by atoms with Crippen molar-refractivity contribution in [3.8, 4) is 0 Å². The van der Waals surface area contributed by atoms with Crippen LogP contribution in [-0.2, 0) is 4.74 Å². The SMILES string of the molecule is c1cc2c(cn1)NCC1COCC1N2. The van der Waals surface area contributed by atoms with E-state index >= 15 is 0 Å². The van der Waals surface area contributed by atoms with Gasteiger partial charge in [0.2, 0.25) is 0 Å². The molecule has 0 radical (unpaired) electrons. The van der Waals surface area contributed by atoms with Crippen molar-refractivity contribution in [1.82, 2.24) is 4.98 Å². The largest absolute Gasteiger partial charge is 0.382 e. The first-order valence-electron chi connectivity index (χ1n) is 4.95. The zero-order chi connectivity index (χ0) is 9.38. The van der Waals surface area contributed by atoms with Gasteiger partial charge in [-0.25, -0.2) is 0 Å². The number of hydrogen-bond acceptors (Lipinski definition) is 4. The normalized spacial score (nSPS) is 29.4. The lowest BCUT2D eigenvalue weighted by Gasteiger charge is -2.15. The smallest absolute Gasteiger partial charge is 0.0762 e. The highest BCUT2D eigenvalue weighted by molar-refractivity contribution is 5.68. The average Bonchev–Trinajstić information content (AvgIpc) is 2.58. The minimum atomic E-state index is 0.450. The summed E-state index contributed by atoms with van der Waals surface area (Å²) < 4.78 is 5.44. The summed E-state index contributed by atoms with van der Waals surface area (Å²) >= 11 is 0. The van der Waals surface area contributed by atoms with E-state index < -0.39 is 0 Å². The monoisotopic (exact) mass is 191 g/mol. The molecule has 1 aromatic rings. The molecule has 4 nitrogen and oxygen atoms in total. The van der Waals surface area contributed by atoms with Gasteiger partial charge in [0.1, 0.15) is 0 Å². The van der Waals surface area contributed by atoms with Crippen LogP contribution < -0.4 is 10.6 Å². The Kier molecular flexibility index (Phi) is 1.80. The van der Waals surface area contributed by atoms with Crippen LogP contribution in [0.15, 0.2) is 18.5 Å². The first kappa shape index (κ1) is 8.05. The van der Waals surface area contributed by atoms with Crippen LogP contribution in [0.2, 0.25) is 0 Å². The summed E-state index contributed by atoms with van der Waals surface area (Å²) in [6.07, 6.45) is 3.67. The summed E-state index contributed by atoms with van der Waals surface area (Å²) in [5, 5.41) is 6.89. The molecular weight excluding hydrogens is 178 g/mol. The molecule has 0 saturated carbocycles. The van der Waals surface area contributed by atoms with Crippen LogP contribution >= 0.6 is 0 Å². The van der Waals surface area contributed by atoms with Gasteiger partial charge in [-0.2, -0.15) is 0 Å². The molecule has 0 spiro atoms. The molecule has 2 N–H and O–H groups in total. The van der Waals surface area contributed by atoms with Gasteiger partial charge < -0.3 is 15.4 Å². The van der Waals surface area contributed by atoms with E-state index in [-0.39, 0.29) is 0 Å². The van der Waals surface area contributed by atoms with Crippen molar-refractivity contribution >= 4 is 11.4 Å². The minimum Gasteiger partial charge on any atom is -0.382 e. The molecule has 2 atom stereocenters. The number of rotatable bonds is 0. The molecular formula is C10H13N3O. The second-order valence-electron chi connectivity index (χ2n) is 3.85. The van der Waals surface area contributed by atoms with Crippen molar-refractivity contribution in [3.63, 3.8) is 0 Å². The summed E-state index contributed by atoms with van der Waals surface area (Å²) in [5.41, 5.74) is 2.24. The Bertz CT molecular complexity index is 342. The Morgan fingerprint density at radius 2 is 2.36 bits per heavy atom. The number of aromatic nitrogens is 1. The summed E-state index contributed by atoms with van der Waals surface area (Å²) in [4.78, 5) is 4.10. The van der Waals surface area contributed by atoms with Crippen LogP contribution in [-0.4, -0.2) is 30.8 Å². The molecule has 3 heterocycles. The summed E-state index contributed by atoms with van der Waals surface area (Å²) in [6.45, 7) is 2.64. The molecule has 74 valence electrons. The molecule has 2 aliphatic rings. The van der Waals surface area contributed by atoms with Crippen LogP contribution in [0.5, 0.6) is 0 Å². The van der Waals surface area contributed by atoms with E-state index in [0.29, 0.717) is 12.0 Å². The van der Waals surface area contributed by atoms with Gasteiger partial charge in [0, 0.05) is 18.7 Å². The predicted molar refractivity (Wildman–Crippen MR) is 54.4 cm³/mol. The molecule has 0 aromatic carbocycles. The van der Waals surface area contributed by atoms with Gasteiger partial charge in [-0.15, -0.1) is 0 Å². The van der Waals surface area contributed by atoms with Gasteiger partial charge in [0.05, 0.1) is 36.8 Å². The second-order valence-corrected chi connectivity index (χ2v) is 3.85. The molecule has 4 heteroatoms. The van der Waals surface area contributed by atoms with Crippen molar-refractivity contribution in [2.75, 3.05) is 30.4 Å². The minimum absolute atomic E-state index is 0.450. The lowest BCUT2D eigenvalue weighted by atomic mass is 10.0. The number of fused-ring (bicyclic) bond motifs is 2. The van der Waals surface area contributed by atoms with Gasteiger partial charge in [-0.05, 0) is 6.07 Å². The number of hydrogen-bond donors (Lipinski definition) is 2. The maximum Gasteiger partial charge on any atom is 0.0762 e. The molecule has 0 aliphatic carbocycles. The zero-order valence-electron chi connectivity index (χ0n) is 7.86. The maximum atomic E-state index is 5.44. The first-order chi connectivity index (χ1) is 6.93. The third-order valence-electron chi connectivity index (χ3n) is 2.92. The van der Waals surface area contributed by atoms with Gasteiger partial charge in [-0.3, -0.25) is 4.98 Å². The van der Waals surface area contributed by atoms with Crippen molar-refractivity contribution in [2.24, 2.45) is 5.92 Å². The quantitative estimate of drug-likeness (QED) is 0.640. The number of nitrogens with one attached hydrogen (secondary N) is 2. The van der Waals surface area contributed by atoms with Crippen molar-refractivity contribution < 1.29 is 4.74 Å². The number of anilines is 2. The fourth-order valence-electron chi connectivity index (χ4n) is 2.06. The van der Waals surface area contributed by atoms with Crippen LogP contribution in [0.1, 0.15) is 0 Å². The van der Waals surface area contributed by atoms with E-state index in [1.54, 1.807) is 0 Å². The summed E-state index contributed by atoms with van der Waals surface area (Å²) in [6, 6.07) is 2.45. The molecule has 1 fully saturated rings. The lowest BCUT2D eigenvalue weighted by molar-refractivity contribution is 0.186. The Labute approximate surface area is 82.7 Å². The Morgan fingerprint density at radius 3 is 3.36 bits per heavy atom. The van der Waals surface area contributed by atoms with E-state index in [1.807, 2.05) is 18.5 Å². The molecule has 1 saturated heterocycles. The molecule has 2 unspecified atom stereocenters. The number of ether oxygens (including phenoxy) is 1. The van der Waals surface area contributed by atoms with Gasteiger partial charge >= 0.3 is 0 Å². The maximum absolute atomic E-state index is 5.44. The van der Waals surface area contributed by atoms with Crippen LogP contribution in [0.25, 0.3) is 0 Å². The summed E-state index contributed by atoms with van der Waals surface area (Å²) in [5.74, 6) is 0.572. The molecule has 0 bridgehead atoms. The van der Waals surface area contributed by atoms with Crippen LogP contribution in [0.4, 0.5) is 11.4 Å². The number of nitrogens with zero attached hydrogens (tertiary/aromatic N) is 1. The van der Waals surface area contributed by atoms with Crippen molar-refractivity contribution in [3.05, 3.63) is 18.5 Å². The van der Waals surface area contributed by atoms with E-state index in [1.165, 1.54) is 0 Å². The molecule has 2 aliphatic heterocycles. The zero-order valence-corrected chi connectivity index (χ0v) is 7.86. The highest BCUT2D eigenvalue weighted by Gasteiger charge is 2.30. The van der Waals surface area contributed by atoms with Crippen LogP contribution in [0.3, 0.4) is 0 Å². The third kappa shape index (κ3) is 1.23. The van der Waals surface area contributed by atoms with Crippen molar-refractivity contribution in [2.45, 2.75) is 6.04 Å². The Hall–Kier alpha value is -1.29. The van der Waals surface area contributed by atoms with Gasteiger partial charge in [-0.1, -0.05) is 0 Å².